The van der Waals surface area contributed by atoms with Gasteiger partial charge in [0.05, 0.1) is 11.0 Å². The first-order valence-corrected chi connectivity index (χ1v) is 9.08. The molecule has 0 bridgehead atoms. The van der Waals surface area contributed by atoms with E-state index in [1.54, 1.807) is 43.3 Å². The molecule has 0 fully saturated rings. The summed E-state index contributed by atoms with van der Waals surface area (Å²) in [5.74, 6) is 0.433. The minimum atomic E-state index is -3.73. The summed E-state index contributed by atoms with van der Waals surface area (Å²) in [6.07, 6.45) is 0. The maximum absolute atomic E-state index is 13.0. The molecule has 4 nitrogen and oxygen atoms in total. The largest absolute Gasteiger partial charge is 0.270 e. The van der Waals surface area contributed by atoms with Gasteiger partial charge < -0.3 is 0 Å². The fourth-order valence-electron chi connectivity index (χ4n) is 2.20. The Morgan fingerprint density at radius 1 is 1.10 bits per heavy atom. The number of hydrogen-bond acceptors (Lipinski definition) is 3. The topological polar surface area (TPSA) is 52.0 Å². The Bertz CT molecular complexity index is 949. The summed E-state index contributed by atoms with van der Waals surface area (Å²) in [5.41, 5.74) is 1.23. The van der Waals surface area contributed by atoms with Crippen LogP contribution in [0.5, 0.6) is 0 Å². The van der Waals surface area contributed by atoms with Crippen LogP contribution >= 0.6 is 31.9 Å². The molecule has 0 amide bonds. The van der Waals surface area contributed by atoms with E-state index in [4.69, 9.17) is 0 Å². The number of rotatable bonds is 2. The van der Waals surface area contributed by atoms with E-state index in [0.29, 0.717) is 25.8 Å². The maximum atomic E-state index is 13.0. The number of benzene rings is 2. The highest BCUT2D eigenvalue weighted by atomic mass is 79.9. The molecule has 0 saturated carbocycles. The highest BCUT2D eigenvalue weighted by Crippen LogP contribution is 2.30. The SMILES string of the molecule is Cc1nc2ccccc2n1S(=O)(=O)c1cc(Br)ccc1Br. The molecule has 0 radical (unpaired) electrons. The van der Waals surface area contributed by atoms with Gasteiger partial charge in [-0.25, -0.2) is 17.4 Å². The summed E-state index contributed by atoms with van der Waals surface area (Å²) in [7, 11) is -3.73. The monoisotopic (exact) mass is 428 g/mol. The minimum Gasteiger partial charge on any atom is -0.232 e. The van der Waals surface area contributed by atoms with Gasteiger partial charge in [0.1, 0.15) is 10.7 Å². The van der Waals surface area contributed by atoms with Crippen LogP contribution in [0.15, 0.2) is 56.3 Å². The highest BCUT2D eigenvalue weighted by Gasteiger charge is 2.24. The first kappa shape index (κ1) is 14.7. The molecule has 3 aromatic rings. The zero-order valence-electron chi connectivity index (χ0n) is 10.9. The molecule has 21 heavy (non-hydrogen) atoms. The number of aromatic nitrogens is 2. The Hall–Kier alpha value is -1.18. The summed E-state index contributed by atoms with van der Waals surface area (Å²) >= 11 is 6.62. The lowest BCUT2D eigenvalue weighted by molar-refractivity contribution is 0.587. The number of halogens is 2. The third-order valence-electron chi connectivity index (χ3n) is 3.09. The Labute approximate surface area is 139 Å². The van der Waals surface area contributed by atoms with Crippen LogP contribution in [-0.4, -0.2) is 17.4 Å². The lowest BCUT2D eigenvalue weighted by atomic mass is 10.3. The van der Waals surface area contributed by atoms with Crippen LogP contribution in [0.4, 0.5) is 0 Å². The van der Waals surface area contributed by atoms with Crippen molar-refractivity contribution in [3.05, 3.63) is 57.2 Å². The summed E-state index contributed by atoms with van der Waals surface area (Å²) in [6.45, 7) is 1.68. The number of para-hydroxylation sites is 2. The Morgan fingerprint density at radius 2 is 1.81 bits per heavy atom. The van der Waals surface area contributed by atoms with E-state index in [-0.39, 0.29) is 4.90 Å². The Balaban J connectivity index is 2.35. The smallest absolute Gasteiger partial charge is 0.232 e. The van der Waals surface area contributed by atoms with Gasteiger partial charge in [0.25, 0.3) is 10.0 Å². The van der Waals surface area contributed by atoms with E-state index in [9.17, 15) is 8.42 Å². The molecule has 1 aromatic heterocycles. The molecule has 108 valence electrons. The van der Waals surface area contributed by atoms with Crippen molar-refractivity contribution in [2.75, 3.05) is 0 Å². The first-order valence-electron chi connectivity index (χ1n) is 6.06. The fourth-order valence-corrected chi connectivity index (χ4v) is 5.16. The third-order valence-corrected chi connectivity index (χ3v) is 6.37. The van der Waals surface area contributed by atoms with Crippen LogP contribution in [0, 0.1) is 6.92 Å². The van der Waals surface area contributed by atoms with Crippen LogP contribution in [0.25, 0.3) is 11.0 Å². The van der Waals surface area contributed by atoms with Crippen LogP contribution in [0.3, 0.4) is 0 Å². The van der Waals surface area contributed by atoms with Crippen molar-refractivity contribution in [2.24, 2.45) is 0 Å². The fraction of sp³-hybridized carbons (Fsp3) is 0.0714. The van der Waals surface area contributed by atoms with Gasteiger partial charge in [0.2, 0.25) is 0 Å². The molecular formula is C14H10Br2N2O2S. The van der Waals surface area contributed by atoms with Gasteiger partial charge in [0.15, 0.2) is 0 Å². The normalized spacial score (nSPS) is 12.0. The van der Waals surface area contributed by atoms with Gasteiger partial charge in [-0.2, -0.15) is 0 Å². The van der Waals surface area contributed by atoms with Crippen LogP contribution in [-0.2, 0) is 10.0 Å². The first-order chi connectivity index (χ1) is 9.91. The lowest BCUT2D eigenvalue weighted by Crippen LogP contribution is -2.15. The van der Waals surface area contributed by atoms with Gasteiger partial charge in [0, 0.05) is 8.95 Å². The average Bonchev–Trinajstić information content (AvgIpc) is 2.77. The zero-order valence-corrected chi connectivity index (χ0v) is 14.9. The molecule has 0 atom stereocenters. The van der Waals surface area contributed by atoms with E-state index in [1.807, 2.05) is 6.07 Å². The molecule has 0 spiro atoms. The number of fused-ring (bicyclic) bond motifs is 1. The Morgan fingerprint density at radius 3 is 2.57 bits per heavy atom. The molecule has 7 heteroatoms. The Kier molecular flexibility index (Phi) is 3.67. The van der Waals surface area contributed by atoms with Crippen LogP contribution in [0.2, 0.25) is 0 Å². The molecule has 2 aromatic carbocycles. The van der Waals surface area contributed by atoms with Crippen molar-refractivity contribution in [3.63, 3.8) is 0 Å². The van der Waals surface area contributed by atoms with E-state index < -0.39 is 10.0 Å². The molecular weight excluding hydrogens is 420 g/mol. The van der Waals surface area contributed by atoms with E-state index in [2.05, 4.69) is 36.8 Å². The number of aryl methyl sites for hydroxylation is 1. The average molecular weight is 430 g/mol. The summed E-state index contributed by atoms with van der Waals surface area (Å²) in [4.78, 5) is 4.51. The van der Waals surface area contributed by atoms with Gasteiger partial charge in [-0.05, 0) is 53.2 Å². The molecule has 0 saturated heterocycles. The van der Waals surface area contributed by atoms with Gasteiger partial charge in [-0.1, -0.05) is 28.1 Å². The molecule has 3 rings (SSSR count). The second-order valence-corrected chi connectivity index (χ2v) is 8.02. The van der Waals surface area contributed by atoms with Crippen molar-refractivity contribution in [1.82, 2.24) is 8.96 Å². The van der Waals surface area contributed by atoms with E-state index >= 15 is 0 Å². The number of imidazole rings is 1. The maximum Gasteiger partial charge on any atom is 0.270 e. The minimum absolute atomic E-state index is 0.197. The van der Waals surface area contributed by atoms with Crippen LogP contribution in [0.1, 0.15) is 5.82 Å². The second-order valence-electron chi connectivity index (χ2n) is 4.49. The molecule has 0 N–H and O–H groups in total. The van der Waals surface area contributed by atoms with Gasteiger partial charge in [-0.3, -0.25) is 0 Å². The number of nitrogens with zero attached hydrogens (tertiary/aromatic N) is 2. The highest BCUT2D eigenvalue weighted by molar-refractivity contribution is 9.11. The quantitative estimate of drug-likeness (QED) is 0.615. The molecule has 0 unspecified atom stereocenters. The lowest BCUT2D eigenvalue weighted by Gasteiger charge is -2.10. The van der Waals surface area contributed by atoms with Gasteiger partial charge in [-0.15, -0.1) is 0 Å². The van der Waals surface area contributed by atoms with Crippen molar-refractivity contribution in [2.45, 2.75) is 11.8 Å². The molecule has 0 aliphatic heterocycles. The predicted molar refractivity (Wildman–Crippen MR) is 88.9 cm³/mol. The summed E-state index contributed by atoms with van der Waals surface area (Å²) in [5, 5.41) is 0. The standard InChI is InChI=1S/C14H10Br2N2O2S/c1-9-17-12-4-2-3-5-13(12)18(9)21(19,20)14-8-10(15)6-7-11(14)16/h2-8H,1H3. The summed E-state index contributed by atoms with van der Waals surface area (Å²) < 4.78 is 28.4. The van der Waals surface area contributed by atoms with Crippen molar-refractivity contribution >= 4 is 52.9 Å². The second kappa shape index (κ2) is 5.23. The van der Waals surface area contributed by atoms with E-state index in [1.165, 1.54) is 3.97 Å². The molecule has 0 aliphatic carbocycles. The zero-order chi connectivity index (χ0) is 15.2. The van der Waals surface area contributed by atoms with Crippen LogP contribution < -0.4 is 0 Å². The van der Waals surface area contributed by atoms with Crippen molar-refractivity contribution in [1.29, 1.82) is 0 Å². The van der Waals surface area contributed by atoms with Crippen molar-refractivity contribution in [3.8, 4) is 0 Å². The van der Waals surface area contributed by atoms with E-state index in [0.717, 1.165) is 0 Å². The third kappa shape index (κ3) is 2.43. The number of hydrogen-bond donors (Lipinski definition) is 0. The molecule has 0 aliphatic rings. The van der Waals surface area contributed by atoms with Gasteiger partial charge >= 0.3 is 0 Å². The summed E-state index contributed by atoms with van der Waals surface area (Å²) in [6, 6.07) is 12.2. The van der Waals surface area contributed by atoms with Crippen molar-refractivity contribution < 1.29 is 8.42 Å². The molecule has 1 heterocycles. The predicted octanol–water partition coefficient (Wildman–Crippen LogP) is 4.11.